The van der Waals surface area contributed by atoms with Gasteiger partial charge in [0.1, 0.15) is 0 Å². The SMILES string of the molecule is Cc1cc(-c2nc(-c3cc(S(=O)(=O)N[C@H]4CC[C@H](O)CC4)ccc3C)cnc2N)on1. The summed E-state index contributed by atoms with van der Waals surface area (Å²) < 4.78 is 34.0. The summed E-state index contributed by atoms with van der Waals surface area (Å²) in [4.78, 5) is 8.93. The van der Waals surface area contributed by atoms with E-state index in [4.69, 9.17) is 10.3 Å². The maximum absolute atomic E-state index is 13.0. The molecule has 0 saturated heterocycles. The standard InChI is InChI=1S/C21H25N5O4S/c1-12-3-8-16(31(28,29)26-14-4-6-15(27)7-5-14)10-17(12)18-11-23-21(22)20(24-18)19-9-13(2)25-30-19/h3,8-11,14-15,26-27H,4-7H2,1-2H3,(H2,22,23)/t14-,15-. The molecule has 10 heteroatoms. The Bertz CT molecular complexity index is 1200. The Balaban J connectivity index is 1.67. The lowest BCUT2D eigenvalue weighted by atomic mass is 9.94. The van der Waals surface area contributed by atoms with E-state index in [1.54, 1.807) is 31.2 Å². The van der Waals surface area contributed by atoms with Crippen molar-refractivity contribution in [2.45, 2.75) is 56.6 Å². The molecule has 2 aromatic heterocycles. The third-order valence-electron chi connectivity index (χ3n) is 5.48. The monoisotopic (exact) mass is 443 g/mol. The largest absolute Gasteiger partial charge is 0.393 e. The van der Waals surface area contributed by atoms with E-state index in [9.17, 15) is 13.5 Å². The van der Waals surface area contributed by atoms with Crippen molar-refractivity contribution in [3.8, 4) is 22.7 Å². The fraction of sp³-hybridized carbons (Fsp3) is 0.381. The molecule has 4 N–H and O–H groups in total. The first kappa shape index (κ1) is 21.4. The fourth-order valence-corrected chi connectivity index (χ4v) is 5.04. The summed E-state index contributed by atoms with van der Waals surface area (Å²) in [6, 6.07) is 6.43. The predicted molar refractivity (Wildman–Crippen MR) is 115 cm³/mol. The minimum Gasteiger partial charge on any atom is -0.393 e. The Hall–Kier alpha value is -2.82. The molecule has 1 saturated carbocycles. The van der Waals surface area contributed by atoms with Crippen molar-refractivity contribution in [2.24, 2.45) is 0 Å². The first-order valence-electron chi connectivity index (χ1n) is 10.1. The molecule has 0 spiro atoms. The molecule has 0 atom stereocenters. The quantitative estimate of drug-likeness (QED) is 0.546. The van der Waals surface area contributed by atoms with Gasteiger partial charge in [0, 0.05) is 17.7 Å². The van der Waals surface area contributed by atoms with E-state index in [1.807, 2.05) is 6.92 Å². The lowest BCUT2D eigenvalue weighted by Gasteiger charge is -2.26. The number of aliphatic hydroxyl groups is 1. The molecule has 0 radical (unpaired) electrons. The van der Waals surface area contributed by atoms with Crippen LogP contribution in [0.2, 0.25) is 0 Å². The number of nitrogen functional groups attached to an aromatic ring is 1. The van der Waals surface area contributed by atoms with Gasteiger partial charge in [0.25, 0.3) is 0 Å². The van der Waals surface area contributed by atoms with Gasteiger partial charge in [-0.25, -0.2) is 23.1 Å². The highest BCUT2D eigenvalue weighted by Crippen LogP contribution is 2.30. The van der Waals surface area contributed by atoms with Gasteiger partial charge in [-0.15, -0.1) is 0 Å². The Kier molecular flexibility index (Phi) is 5.78. The van der Waals surface area contributed by atoms with E-state index in [-0.39, 0.29) is 22.9 Å². The summed E-state index contributed by atoms with van der Waals surface area (Å²) in [5.74, 6) is 0.592. The van der Waals surface area contributed by atoms with Gasteiger partial charge in [-0.05, 0) is 57.2 Å². The normalized spacial score (nSPS) is 19.5. The van der Waals surface area contributed by atoms with E-state index < -0.39 is 10.0 Å². The number of benzene rings is 1. The molecular formula is C21H25N5O4S. The molecular weight excluding hydrogens is 418 g/mol. The number of nitrogens with zero attached hydrogens (tertiary/aromatic N) is 3. The number of anilines is 1. The minimum atomic E-state index is -3.72. The molecule has 164 valence electrons. The number of aromatic nitrogens is 3. The Morgan fingerprint density at radius 2 is 1.90 bits per heavy atom. The van der Waals surface area contributed by atoms with E-state index in [0.29, 0.717) is 54.1 Å². The molecule has 9 nitrogen and oxygen atoms in total. The van der Waals surface area contributed by atoms with Crippen molar-refractivity contribution < 1.29 is 18.0 Å². The van der Waals surface area contributed by atoms with Gasteiger partial charge in [0.15, 0.2) is 17.3 Å². The van der Waals surface area contributed by atoms with Gasteiger partial charge in [0.2, 0.25) is 10.0 Å². The lowest BCUT2D eigenvalue weighted by Crippen LogP contribution is -2.38. The zero-order valence-electron chi connectivity index (χ0n) is 17.4. The molecule has 4 rings (SSSR count). The van der Waals surface area contributed by atoms with Crippen molar-refractivity contribution in [1.29, 1.82) is 0 Å². The van der Waals surface area contributed by atoms with Crippen LogP contribution >= 0.6 is 0 Å². The van der Waals surface area contributed by atoms with E-state index in [1.165, 1.54) is 6.20 Å². The Morgan fingerprint density at radius 1 is 1.16 bits per heavy atom. The number of aliphatic hydroxyl groups excluding tert-OH is 1. The van der Waals surface area contributed by atoms with Crippen LogP contribution in [0.15, 0.2) is 39.9 Å². The van der Waals surface area contributed by atoms with Crippen molar-refractivity contribution in [3.05, 3.63) is 41.7 Å². The molecule has 0 unspecified atom stereocenters. The number of sulfonamides is 1. The Morgan fingerprint density at radius 3 is 2.58 bits per heavy atom. The summed E-state index contributed by atoms with van der Waals surface area (Å²) in [7, 11) is -3.72. The summed E-state index contributed by atoms with van der Waals surface area (Å²) >= 11 is 0. The molecule has 1 aliphatic rings. The van der Waals surface area contributed by atoms with E-state index >= 15 is 0 Å². The summed E-state index contributed by atoms with van der Waals surface area (Å²) in [5.41, 5.74) is 8.97. The first-order chi connectivity index (χ1) is 14.7. The lowest BCUT2D eigenvalue weighted by molar-refractivity contribution is 0.120. The summed E-state index contributed by atoms with van der Waals surface area (Å²) in [6.07, 6.45) is 3.58. The zero-order valence-corrected chi connectivity index (χ0v) is 18.2. The second-order valence-corrected chi connectivity index (χ2v) is 9.64. The summed E-state index contributed by atoms with van der Waals surface area (Å²) in [6.45, 7) is 3.66. The van der Waals surface area contributed by atoms with Gasteiger partial charge >= 0.3 is 0 Å². The van der Waals surface area contributed by atoms with Crippen LogP contribution in [-0.2, 0) is 10.0 Å². The molecule has 2 heterocycles. The highest BCUT2D eigenvalue weighted by Gasteiger charge is 2.25. The Labute approximate surface area is 180 Å². The van der Waals surface area contributed by atoms with Gasteiger partial charge < -0.3 is 15.4 Å². The second-order valence-electron chi connectivity index (χ2n) is 7.93. The van der Waals surface area contributed by atoms with Gasteiger partial charge in [-0.1, -0.05) is 11.2 Å². The number of nitrogens with two attached hydrogens (primary N) is 1. The molecule has 1 aliphatic carbocycles. The van der Waals surface area contributed by atoms with Crippen LogP contribution in [0.25, 0.3) is 22.7 Å². The molecule has 31 heavy (non-hydrogen) atoms. The average Bonchev–Trinajstić information content (AvgIpc) is 3.16. The number of rotatable bonds is 5. The smallest absolute Gasteiger partial charge is 0.240 e. The fourth-order valence-electron chi connectivity index (χ4n) is 3.71. The van der Waals surface area contributed by atoms with Crippen LogP contribution in [0, 0.1) is 13.8 Å². The number of hydrogen-bond acceptors (Lipinski definition) is 8. The van der Waals surface area contributed by atoms with Gasteiger partial charge in [0.05, 0.1) is 28.6 Å². The number of aryl methyl sites for hydroxylation is 2. The highest BCUT2D eigenvalue weighted by atomic mass is 32.2. The molecule has 0 bridgehead atoms. The van der Waals surface area contributed by atoms with Crippen LogP contribution < -0.4 is 10.5 Å². The van der Waals surface area contributed by atoms with Gasteiger partial charge in [-0.3, -0.25) is 0 Å². The minimum absolute atomic E-state index is 0.148. The topological polar surface area (TPSA) is 144 Å². The maximum atomic E-state index is 13.0. The van der Waals surface area contributed by atoms with Crippen LogP contribution in [0.5, 0.6) is 0 Å². The average molecular weight is 444 g/mol. The predicted octanol–water partition coefficient (Wildman–Crippen LogP) is 2.58. The van der Waals surface area contributed by atoms with Crippen molar-refractivity contribution in [2.75, 3.05) is 5.73 Å². The molecule has 1 aromatic carbocycles. The van der Waals surface area contributed by atoms with Crippen molar-refractivity contribution in [1.82, 2.24) is 19.8 Å². The van der Waals surface area contributed by atoms with Crippen LogP contribution in [0.3, 0.4) is 0 Å². The first-order valence-corrected chi connectivity index (χ1v) is 11.6. The highest BCUT2D eigenvalue weighted by molar-refractivity contribution is 7.89. The molecule has 3 aromatic rings. The zero-order chi connectivity index (χ0) is 22.2. The third kappa shape index (κ3) is 4.60. The van der Waals surface area contributed by atoms with Crippen molar-refractivity contribution >= 4 is 15.8 Å². The molecule has 1 fully saturated rings. The summed E-state index contributed by atoms with van der Waals surface area (Å²) in [5, 5.41) is 13.5. The van der Waals surface area contributed by atoms with Gasteiger partial charge in [-0.2, -0.15) is 0 Å². The van der Waals surface area contributed by atoms with Crippen LogP contribution in [0.4, 0.5) is 5.82 Å². The second kappa shape index (κ2) is 8.37. The van der Waals surface area contributed by atoms with Crippen LogP contribution in [0.1, 0.15) is 36.9 Å². The maximum Gasteiger partial charge on any atom is 0.240 e. The number of nitrogens with one attached hydrogen (secondary N) is 1. The molecule has 0 aliphatic heterocycles. The number of hydrogen-bond donors (Lipinski definition) is 3. The molecule has 0 amide bonds. The van der Waals surface area contributed by atoms with Crippen molar-refractivity contribution in [3.63, 3.8) is 0 Å². The third-order valence-corrected chi connectivity index (χ3v) is 6.99. The van der Waals surface area contributed by atoms with Crippen LogP contribution in [-0.4, -0.2) is 40.8 Å². The van der Waals surface area contributed by atoms with E-state index in [2.05, 4.69) is 19.8 Å². The van der Waals surface area contributed by atoms with E-state index in [0.717, 1.165) is 5.56 Å².